The van der Waals surface area contributed by atoms with Crippen LogP contribution in [-0.4, -0.2) is 32.4 Å². The van der Waals surface area contributed by atoms with E-state index in [-0.39, 0.29) is 11.9 Å². The lowest BCUT2D eigenvalue weighted by Crippen LogP contribution is -2.31. The van der Waals surface area contributed by atoms with Crippen molar-refractivity contribution in [2.45, 2.75) is 40.7 Å². The van der Waals surface area contributed by atoms with E-state index in [1.165, 1.54) is 0 Å². The molecule has 0 aliphatic rings. The number of hydrogen-bond acceptors (Lipinski definition) is 4. The van der Waals surface area contributed by atoms with Crippen LogP contribution in [0.25, 0.3) is 0 Å². The molecule has 1 amide bonds. The van der Waals surface area contributed by atoms with Gasteiger partial charge >= 0.3 is 0 Å². The highest BCUT2D eigenvalue weighted by molar-refractivity contribution is 6.06. The van der Waals surface area contributed by atoms with Gasteiger partial charge in [-0.15, -0.1) is 0 Å². The number of amides is 1. The van der Waals surface area contributed by atoms with Gasteiger partial charge in [-0.3, -0.25) is 9.48 Å². The number of nitrogens with zero attached hydrogens (tertiary/aromatic N) is 5. The van der Waals surface area contributed by atoms with E-state index in [4.69, 9.17) is 0 Å². The molecule has 0 fully saturated rings. The predicted octanol–water partition coefficient (Wildman–Crippen LogP) is 2.87. The zero-order valence-corrected chi connectivity index (χ0v) is 13.8. The fourth-order valence-electron chi connectivity index (χ4n) is 2.36. The summed E-state index contributed by atoms with van der Waals surface area (Å²) in [5.41, 5.74) is 2.27. The second kappa shape index (κ2) is 6.68. The fraction of sp³-hybridized carbons (Fsp3) is 0.500. The number of anilines is 1. The molecule has 0 radical (unpaired) electrons. The van der Waals surface area contributed by atoms with Gasteiger partial charge in [-0.1, -0.05) is 13.8 Å². The van der Waals surface area contributed by atoms with Crippen molar-refractivity contribution >= 4 is 11.6 Å². The molecule has 2 heterocycles. The lowest BCUT2D eigenvalue weighted by molar-refractivity contribution is 0.0987. The lowest BCUT2D eigenvalue weighted by atomic mass is 10.1. The van der Waals surface area contributed by atoms with Crippen LogP contribution in [0.2, 0.25) is 0 Å². The minimum absolute atomic E-state index is 0.0600. The maximum absolute atomic E-state index is 12.8. The molecule has 0 aliphatic heterocycles. The second-order valence-corrected chi connectivity index (χ2v) is 5.72. The molecule has 2 rings (SSSR count). The summed E-state index contributed by atoms with van der Waals surface area (Å²) in [6, 6.07) is 2.03. The van der Waals surface area contributed by atoms with Crippen molar-refractivity contribution < 1.29 is 4.79 Å². The first-order chi connectivity index (χ1) is 10.5. The van der Waals surface area contributed by atoms with Crippen LogP contribution < -0.4 is 4.90 Å². The molecule has 6 nitrogen and oxygen atoms in total. The Labute approximate surface area is 131 Å². The normalized spacial score (nSPS) is 12.5. The van der Waals surface area contributed by atoms with Crippen molar-refractivity contribution in [3.05, 3.63) is 35.9 Å². The molecule has 2 aromatic heterocycles. The molecule has 0 saturated carbocycles. The Morgan fingerprint density at radius 2 is 2.00 bits per heavy atom. The average Bonchev–Trinajstić information content (AvgIpc) is 2.89. The summed E-state index contributed by atoms with van der Waals surface area (Å²) in [5.74, 6) is 0.392. The first-order valence-corrected chi connectivity index (χ1v) is 7.60. The van der Waals surface area contributed by atoms with E-state index in [0.29, 0.717) is 18.0 Å². The van der Waals surface area contributed by atoms with Gasteiger partial charge in [-0.25, -0.2) is 0 Å². The van der Waals surface area contributed by atoms with Gasteiger partial charge in [0.05, 0.1) is 35.9 Å². The van der Waals surface area contributed by atoms with Crippen molar-refractivity contribution in [3.8, 4) is 0 Å². The summed E-state index contributed by atoms with van der Waals surface area (Å²) in [6.45, 7) is 10.9. The van der Waals surface area contributed by atoms with Crippen LogP contribution >= 0.6 is 0 Å². The van der Waals surface area contributed by atoms with E-state index in [9.17, 15) is 4.79 Å². The highest BCUT2D eigenvalue weighted by Crippen LogP contribution is 2.22. The molecule has 118 valence electrons. The molecule has 0 N–H and O–H groups in total. The molecule has 0 saturated heterocycles. The Hall–Kier alpha value is -2.24. The highest BCUT2D eigenvalue weighted by atomic mass is 16.2. The summed E-state index contributed by atoms with van der Waals surface area (Å²) in [5, 5.41) is 12.0. The zero-order chi connectivity index (χ0) is 16.3. The van der Waals surface area contributed by atoms with E-state index in [1.54, 1.807) is 29.6 Å². The third-order valence-electron chi connectivity index (χ3n) is 4.07. The zero-order valence-electron chi connectivity index (χ0n) is 13.8. The van der Waals surface area contributed by atoms with Gasteiger partial charge in [0.25, 0.3) is 5.91 Å². The van der Waals surface area contributed by atoms with Crippen LogP contribution in [0.5, 0.6) is 0 Å². The first-order valence-electron chi connectivity index (χ1n) is 7.60. The number of aromatic nitrogens is 4. The smallest absolute Gasteiger partial charge is 0.261 e. The molecule has 0 bridgehead atoms. The van der Waals surface area contributed by atoms with Crippen LogP contribution in [0.1, 0.15) is 49.8 Å². The van der Waals surface area contributed by atoms with Crippen LogP contribution in [-0.2, 0) is 0 Å². The van der Waals surface area contributed by atoms with Crippen molar-refractivity contribution in [3.63, 3.8) is 0 Å². The molecule has 2 aromatic rings. The average molecular weight is 301 g/mol. The summed E-state index contributed by atoms with van der Waals surface area (Å²) >= 11 is 0. The van der Waals surface area contributed by atoms with Gasteiger partial charge in [-0.05, 0) is 32.8 Å². The monoisotopic (exact) mass is 301 g/mol. The predicted molar refractivity (Wildman–Crippen MR) is 85.9 cm³/mol. The molecule has 1 atom stereocenters. The van der Waals surface area contributed by atoms with Crippen molar-refractivity contribution in [1.29, 1.82) is 0 Å². The number of rotatable bonds is 5. The minimum Gasteiger partial charge on any atom is -0.307 e. The van der Waals surface area contributed by atoms with E-state index < -0.39 is 0 Å². The van der Waals surface area contributed by atoms with Gasteiger partial charge in [0.1, 0.15) is 0 Å². The topological polar surface area (TPSA) is 63.9 Å². The summed E-state index contributed by atoms with van der Waals surface area (Å²) in [7, 11) is 0. The van der Waals surface area contributed by atoms with Gasteiger partial charge in [-0.2, -0.15) is 15.3 Å². The van der Waals surface area contributed by atoms with Gasteiger partial charge in [0.15, 0.2) is 0 Å². The standard InChI is InChI=1S/C16H23N5O/c1-6-20(14-7-8-17-18-9-14)16(22)15-10-19-21(13(15)5)12(4)11(2)3/h7-12H,6H2,1-5H3. The quantitative estimate of drug-likeness (QED) is 0.852. The van der Waals surface area contributed by atoms with E-state index in [0.717, 1.165) is 11.4 Å². The maximum atomic E-state index is 12.8. The minimum atomic E-state index is -0.0600. The summed E-state index contributed by atoms with van der Waals surface area (Å²) < 4.78 is 1.93. The Kier molecular flexibility index (Phi) is 4.90. The van der Waals surface area contributed by atoms with E-state index in [1.807, 2.05) is 18.5 Å². The Bertz CT molecular complexity index is 635. The Morgan fingerprint density at radius 1 is 1.27 bits per heavy atom. The molecular formula is C16H23N5O. The van der Waals surface area contributed by atoms with Crippen molar-refractivity contribution in [2.24, 2.45) is 5.92 Å². The molecule has 22 heavy (non-hydrogen) atoms. The molecule has 1 unspecified atom stereocenters. The van der Waals surface area contributed by atoms with Crippen LogP contribution in [0, 0.1) is 12.8 Å². The van der Waals surface area contributed by atoms with Gasteiger partial charge in [0.2, 0.25) is 0 Å². The molecular weight excluding hydrogens is 278 g/mol. The Balaban J connectivity index is 2.33. The molecule has 6 heteroatoms. The molecule has 0 aromatic carbocycles. The Morgan fingerprint density at radius 3 is 2.55 bits per heavy atom. The molecule has 0 spiro atoms. The van der Waals surface area contributed by atoms with Crippen molar-refractivity contribution in [2.75, 3.05) is 11.4 Å². The SMILES string of the molecule is CCN(C(=O)c1cnn(C(C)C(C)C)c1C)c1ccnnc1. The van der Waals surface area contributed by atoms with E-state index >= 15 is 0 Å². The summed E-state index contributed by atoms with van der Waals surface area (Å²) in [4.78, 5) is 14.5. The largest absolute Gasteiger partial charge is 0.307 e. The number of carbonyl (C=O) groups excluding carboxylic acids is 1. The maximum Gasteiger partial charge on any atom is 0.261 e. The number of hydrogen-bond donors (Lipinski definition) is 0. The van der Waals surface area contributed by atoms with Crippen LogP contribution in [0.4, 0.5) is 5.69 Å². The fourth-order valence-corrected chi connectivity index (χ4v) is 2.36. The first kappa shape index (κ1) is 16.1. The third-order valence-corrected chi connectivity index (χ3v) is 4.07. The van der Waals surface area contributed by atoms with Crippen LogP contribution in [0.15, 0.2) is 24.7 Å². The molecule has 0 aliphatic carbocycles. The van der Waals surface area contributed by atoms with E-state index in [2.05, 4.69) is 36.1 Å². The van der Waals surface area contributed by atoms with Gasteiger partial charge < -0.3 is 4.90 Å². The highest BCUT2D eigenvalue weighted by Gasteiger charge is 2.23. The lowest BCUT2D eigenvalue weighted by Gasteiger charge is -2.21. The second-order valence-electron chi connectivity index (χ2n) is 5.72. The number of carbonyl (C=O) groups is 1. The third kappa shape index (κ3) is 3.00. The van der Waals surface area contributed by atoms with Crippen molar-refractivity contribution in [1.82, 2.24) is 20.0 Å². The van der Waals surface area contributed by atoms with Gasteiger partial charge in [0, 0.05) is 12.2 Å². The van der Waals surface area contributed by atoms with Crippen LogP contribution in [0.3, 0.4) is 0 Å². The summed E-state index contributed by atoms with van der Waals surface area (Å²) in [6.07, 6.45) is 4.84.